The van der Waals surface area contributed by atoms with Gasteiger partial charge in [-0.1, -0.05) is 13.0 Å². The monoisotopic (exact) mass is 612 g/mol. The number of likely N-dealkylation sites (N-methyl/N-ethyl adjacent to an activating group) is 1. The van der Waals surface area contributed by atoms with Crippen molar-refractivity contribution in [2.24, 2.45) is 0 Å². The van der Waals surface area contributed by atoms with Gasteiger partial charge in [-0.2, -0.15) is 0 Å². The van der Waals surface area contributed by atoms with Crippen molar-refractivity contribution in [3.8, 4) is 11.3 Å². The van der Waals surface area contributed by atoms with Gasteiger partial charge in [-0.15, -0.1) is 0 Å². The maximum atomic E-state index is 15.1. The molecular formula is C30H38F2N8O2S. The van der Waals surface area contributed by atoms with E-state index in [-0.39, 0.29) is 17.7 Å². The summed E-state index contributed by atoms with van der Waals surface area (Å²) in [5.74, 6) is 3.38. The summed E-state index contributed by atoms with van der Waals surface area (Å²) in [6, 6.07) is 7.18. The second-order valence-electron chi connectivity index (χ2n) is 11.2. The molecule has 0 spiro atoms. The van der Waals surface area contributed by atoms with E-state index >= 15 is 4.39 Å². The van der Waals surface area contributed by atoms with E-state index in [0.717, 1.165) is 82.4 Å². The molecule has 0 bridgehead atoms. The van der Waals surface area contributed by atoms with Gasteiger partial charge in [-0.3, -0.25) is 4.90 Å². The number of hydrogen-bond acceptors (Lipinski definition) is 8. The van der Waals surface area contributed by atoms with Gasteiger partial charge in [0.15, 0.2) is 11.6 Å². The minimum Gasteiger partial charge on any atom is -0.325 e. The number of nitrogens with one attached hydrogen (secondary N) is 1. The molecule has 5 heterocycles. The predicted octanol–water partition coefficient (Wildman–Crippen LogP) is 4.75. The standard InChI is InChI=1S/C28H32F2N8.C2H6O2S/c1-3-36-9-11-37(12-10-36)17-19-7-8-24(31-15-19)33-28-32-16-22(30)26(35-28)20-13-21(29)27-23(14-20)38-18(2)5-4-6-25(38)34-27;1-5(2,3)4/h7-8,13-16,18H,3-6,9-12,17H2,1-2H3,(H,31,32,33,35);1H2,2H3,(H,3,4)/t18-;/m1./s1. The van der Waals surface area contributed by atoms with Crippen LogP contribution in [0.15, 0.2) is 36.7 Å². The van der Waals surface area contributed by atoms with Crippen LogP contribution in [0.2, 0.25) is 0 Å². The van der Waals surface area contributed by atoms with Crippen LogP contribution in [0.3, 0.4) is 0 Å². The van der Waals surface area contributed by atoms with Gasteiger partial charge in [0.05, 0.1) is 21.5 Å². The van der Waals surface area contributed by atoms with Crippen LogP contribution in [0.4, 0.5) is 20.5 Å². The first-order valence-electron chi connectivity index (χ1n) is 14.4. The lowest BCUT2D eigenvalue weighted by atomic mass is 10.1. The number of fused-ring (bicyclic) bond motifs is 3. The Kier molecular flexibility index (Phi) is 9.35. The Morgan fingerprint density at radius 3 is 2.47 bits per heavy atom. The Bertz CT molecular complexity index is 1680. The Morgan fingerprint density at radius 1 is 1.07 bits per heavy atom. The van der Waals surface area contributed by atoms with Crippen LogP contribution >= 0.6 is 0 Å². The van der Waals surface area contributed by atoms with Crippen molar-refractivity contribution in [3.63, 3.8) is 0 Å². The first-order valence-corrected chi connectivity index (χ1v) is 16.5. The number of nitrogens with zero attached hydrogens (tertiary/aromatic N) is 7. The molecule has 2 N–H and O–H groups in total. The number of hydrogen-bond donors (Lipinski definition) is 2. The fourth-order valence-electron chi connectivity index (χ4n) is 5.55. The molecule has 1 fully saturated rings. The summed E-state index contributed by atoms with van der Waals surface area (Å²) in [5, 5.41) is 3.06. The van der Waals surface area contributed by atoms with Crippen molar-refractivity contribution >= 4 is 38.5 Å². The normalized spacial score (nSPS) is 18.9. The number of rotatable bonds is 6. The molecule has 0 amide bonds. The van der Waals surface area contributed by atoms with E-state index < -0.39 is 21.4 Å². The lowest BCUT2D eigenvalue weighted by Gasteiger charge is -2.33. The Balaban J connectivity index is 0.000000682. The largest absolute Gasteiger partial charge is 0.325 e. The van der Waals surface area contributed by atoms with Crippen molar-refractivity contribution in [3.05, 3.63) is 59.7 Å². The molecule has 3 aromatic heterocycles. The third-order valence-corrected chi connectivity index (χ3v) is 7.69. The summed E-state index contributed by atoms with van der Waals surface area (Å²) in [4.78, 5) is 22.4. The number of piperazine rings is 1. The first kappa shape index (κ1) is 30.9. The number of benzene rings is 1. The molecule has 2 aliphatic rings. The first-order chi connectivity index (χ1) is 20.5. The third-order valence-electron chi connectivity index (χ3n) is 7.69. The molecule has 0 aliphatic carbocycles. The summed E-state index contributed by atoms with van der Waals surface area (Å²) in [7, 11) is -2.67. The molecule has 4 aromatic rings. The number of aromatic nitrogens is 5. The van der Waals surface area contributed by atoms with Crippen LogP contribution in [0.5, 0.6) is 0 Å². The van der Waals surface area contributed by atoms with Gasteiger partial charge in [-0.05, 0) is 55.9 Å². The highest BCUT2D eigenvalue weighted by atomic mass is 32.2. The fraction of sp³-hybridized carbons (Fsp3) is 0.433. The van der Waals surface area contributed by atoms with Gasteiger partial charge >= 0.3 is 0 Å². The molecule has 10 nitrogen and oxygen atoms in total. The zero-order chi connectivity index (χ0) is 30.7. The molecule has 1 unspecified atom stereocenters. The van der Waals surface area contributed by atoms with E-state index in [4.69, 9.17) is 4.55 Å². The molecule has 13 heteroatoms. The molecule has 6 rings (SSSR count). The number of imidazole rings is 1. The van der Waals surface area contributed by atoms with Crippen molar-refractivity contribution in [1.29, 1.82) is 0 Å². The Hall–Kier alpha value is -3.52. The quantitative estimate of drug-likeness (QED) is 0.298. The van der Waals surface area contributed by atoms with E-state index in [1.807, 2.05) is 18.3 Å². The second kappa shape index (κ2) is 13.0. The molecule has 2 atom stereocenters. The number of aryl methyl sites for hydroxylation is 1. The highest BCUT2D eigenvalue weighted by molar-refractivity contribution is 7.94. The molecule has 1 saturated heterocycles. The zero-order valence-electron chi connectivity index (χ0n) is 24.8. The number of pyridine rings is 1. The maximum Gasteiger partial charge on any atom is 0.229 e. The van der Waals surface area contributed by atoms with Crippen LogP contribution < -0.4 is 5.32 Å². The highest BCUT2D eigenvalue weighted by Gasteiger charge is 2.23. The van der Waals surface area contributed by atoms with Gasteiger partial charge in [0.2, 0.25) is 5.95 Å². The molecule has 230 valence electrons. The average molecular weight is 613 g/mol. The number of anilines is 2. The molecule has 0 saturated carbocycles. The smallest absolute Gasteiger partial charge is 0.229 e. The van der Waals surface area contributed by atoms with Crippen molar-refractivity contribution in [2.45, 2.75) is 45.7 Å². The Morgan fingerprint density at radius 2 is 1.79 bits per heavy atom. The van der Waals surface area contributed by atoms with Crippen molar-refractivity contribution in [1.82, 2.24) is 34.3 Å². The van der Waals surface area contributed by atoms with Crippen LogP contribution in [0.1, 0.15) is 44.1 Å². The maximum absolute atomic E-state index is 15.1. The van der Waals surface area contributed by atoms with Crippen LogP contribution in [0, 0.1) is 11.6 Å². The van der Waals surface area contributed by atoms with Gasteiger partial charge in [0, 0.05) is 63.2 Å². The van der Waals surface area contributed by atoms with Crippen LogP contribution in [0.25, 0.3) is 22.3 Å². The van der Waals surface area contributed by atoms with E-state index in [1.54, 1.807) is 6.07 Å². The summed E-state index contributed by atoms with van der Waals surface area (Å²) >= 11 is 0. The lowest BCUT2D eigenvalue weighted by molar-refractivity contribution is 0.132. The predicted molar refractivity (Wildman–Crippen MR) is 167 cm³/mol. The van der Waals surface area contributed by atoms with E-state index in [2.05, 4.69) is 59.3 Å². The zero-order valence-corrected chi connectivity index (χ0v) is 25.6. The highest BCUT2D eigenvalue weighted by Crippen LogP contribution is 2.34. The topological polar surface area (TPSA) is 112 Å². The van der Waals surface area contributed by atoms with Gasteiger partial charge in [0.1, 0.15) is 22.9 Å². The van der Waals surface area contributed by atoms with E-state index in [0.29, 0.717) is 22.4 Å². The van der Waals surface area contributed by atoms with E-state index in [1.165, 1.54) is 6.07 Å². The van der Waals surface area contributed by atoms with Crippen LogP contribution in [-0.2, 0) is 22.8 Å². The van der Waals surface area contributed by atoms with Gasteiger partial charge in [-0.25, -0.2) is 32.9 Å². The average Bonchev–Trinajstić information content (AvgIpc) is 3.35. The van der Waals surface area contributed by atoms with Crippen molar-refractivity contribution < 1.29 is 17.5 Å². The minimum absolute atomic E-state index is 0.0326. The molecule has 2 aliphatic heterocycles. The third kappa shape index (κ3) is 7.71. The fourth-order valence-corrected chi connectivity index (χ4v) is 5.55. The molecule has 43 heavy (non-hydrogen) atoms. The summed E-state index contributed by atoms with van der Waals surface area (Å²) in [5.41, 5.74) is 2.50. The SMILES string of the molecule is C=S(C)(=O)O.CCN1CCN(Cc2ccc(Nc3ncc(F)c(-c4cc(F)c5nc6n(c5c4)[C@H](C)CCC6)n3)nc2)CC1. The van der Waals surface area contributed by atoms with Gasteiger partial charge in [0.25, 0.3) is 0 Å². The summed E-state index contributed by atoms with van der Waals surface area (Å²) < 4.78 is 49.6. The van der Waals surface area contributed by atoms with Crippen LogP contribution in [-0.4, -0.2) is 87.9 Å². The number of halogens is 2. The van der Waals surface area contributed by atoms with E-state index in [9.17, 15) is 8.60 Å². The second-order valence-corrected chi connectivity index (χ2v) is 13.1. The van der Waals surface area contributed by atoms with Crippen molar-refractivity contribution in [2.75, 3.05) is 44.3 Å². The summed E-state index contributed by atoms with van der Waals surface area (Å²) in [6.07, 6.45) is 6.94. The molecular weight excluding hydrogens is 574 g/mol. The minimum atomic E-state index is -2.67. The lowest BCUT2D eigenvalue weighted by Crippen LogP contribution is -2.45. The molecule has 0 radical (unpaired) electrons. The Labute approximate surface area is 251 Å². The molecule has 1 aromatic carbocycles. The summed E-state index contributed by atoms with van der Waals surface area (Å²) in [6.45, 7) is 10.5. The van der Waals surface area contributed by atoms with Gasteiger partial charge < -0.3 is 19.3 Å².